The molecule has 0 aliphatic rings. The van der Waals surface area contributed by atoms with Crippen LogP contribution < -0.4 is 0 Å². The summed E-state index contributed by atoms with van der Waals surface area (Å²) in [7, 11) is 1.55. The van der Waals surface area contributed by atoms with Crippen LogP contribution in [0, 0.1) is 11.2 Å². The number of carboxylic acids is 1. The van der Waals surface area contributed by atoms with E-state index in [-0.39, 0.29) is 6.42 Å². The van der Waals surface area contributed by atoms with E-state index in [1.54, 1.807) is 33.1 Å². The van der Waals surface area contributed by atoms with Crippen molar-refractivity contribution in [3.63, 3.8) is 0 Å². The van der Waals surface area contributed by atoms with Gasteiger partial charge in [0, 0.05) is 7.11 Å². The summed E-state index contributed by atoms with van der Waals surface area (Å²) in [4.78, 5) is 11.1. The van der Waals surface area contributed by atoms with Gasteiger partial charge in [0.05, 0.1) is 16.5 Å². The Morgan fingerprint density at radius 3 is 2.61 bits per heavy atom. The van der Waals surface area contributed by atoms with Crippen LogP contribution in [0.4, 0.5) is 4.39 Å². The van der Waals surface area contributed by atoms with Gasteiger partial charge in [-0.15, -0.1) is 0 Å². The Balaban J connectivity index is 3.11. The van der Waals surface area contributed by atoms with Gasteiger partial charge in [-0.3, -0.25) is 4.79 Å². The predicted octanol–water partition coefficient (Wildman–Crippen LogP) is 3.39. The molecule has 5 heteroatoms. The molecule has 3 nitrogen and oxygen atoms in total. The van der Waals surface area contributed by atoms with E-state index in [1.165, 1.54) is 0 Å². The fraction of sp³-hybridized carbons (Fsp3) is 0.462. The van der Waals surface area contributed by atoms with Crippen LogP contribution >= 0.6 is 15.9 Å². The molecule has 1 aromatic rings. The fourth-order valence-electron chi connectivity index (χ4n) is 1.64. The Bertz CT molecular complexity index is 458. The maximum absolute atomic E-state index is 13.9. The van der Waals surface area contributed by atoms with Gasteiger partial charge in [0.15, 0.2) is 0 Å². The normalized spacial score (nSPS) is 11.6. The third-order valence-corrected chi connectivity index (χ3v) is 3.26. The molecule has 0 radical (unpaired) electrons. The minimum absolute atomic E-state index is 0.129. The second kappa shape index (κ2) is 5.80. The van der Waals surface area contributed by atoms with Crippen LogP contribution in [-0.2, 0) is 22.6 Å². The summed E-state index contributed by atoms with van der Waals surface area (Å²) >= 11 is 3.13. The number of methoxy groups -OCH3 is 1. The van der Waals surface area contributed by atoms with Crippen LogP contribution in [0.2, 0.25) is 0 Å². The summed E-state index contributed by atoms with van der Waals surface area (Å²) < 4.78 is 19.3. The number of carbonyl (C=O) groups is 1. The average Bonchev–Trinajstić information content (AvgIpc) is 2.25. The van der Waals surface area contributed by atoms with Crippen LogP contribution in [-0.4, -0.2) is 18.2 Å². The lowest BCUT2D eigenvalue weighted by atomic mass is 9.85. The van der Waals surface area contributed by atoms with Gasteiger partial charge in [-0.2, -0.15) is 0 Å². The van der Waals surface area contributed by atoms with E-state index in [9.17, 15) is 9.18 Å². The predicted molar refractivity (Wildman–Crippen MR) is 69.9 cm³/mol. The number of halogens is 2. The lowest BCUT2D eigenvalue weighted by Crippen LogP contribution is -2.26. The summed E-state index contributed by atoms with van der Waals surface area (Å²) in [6.45, 7) is 3.51. The third kappa shape index (κ3) is 3.53. The molecule has 0 fully saturated rings. The number of hydrogen-bond acceptors (Lipinski definition) is 2. The third-order valence-electron chi connectivity index (χ3n) is 2.69. The van der Waals surface area contributed by atoms with Gasteiger partial charge in [-0.1, -0.05) is 6.07 Å². The smallest absolute Gasteiger partial charge is 0.309 e. The van der Waals surface area contributed by atoms with Crippen LogP contribution in [0.1, 0.15) is 25.0 Å². The second-order valence-electron chi connectivity index (χ2n) is 4.85. The summed E-state index contributed by atoms with van der Waals surface area (Å²) in [6, 6.07) is 3.28. The molecule has 0 saturated heterocycles. The van der Waals surface area contributed by atoms with E-state index in [0.29, 0.717) is 16.6 Å². The van der Waals surface area contributed by atoms with E-state index in [2.05, 4.69) is 15.9 Å². The number of aliphatic carboxylic acids is 1. The highest BCUT2D eigenvalue weighted by atomic mass is 79.9. The lowest BCUT2D eigenvalue weighted by Gasteiger charge is -2.20. The molecule has 0 bridgehead atoms. The molecule has 0 saturated carbocycles. The Morgan fingerprint density at radius 2 is 2.11 bits per heavy atom. The van der Waals surface area contributed by atoms with Crippen molar-refractivity contribution in [3.05, 3.63) is 33.5 Å². The first-order chi connectivity index (χ1) is 8.27. The highest BCUT2D eigenvalue weighted by Gasteiger charge is 2.29. The highest BCUT2D eigenvalue weighted by Crippen LogP contribution is 2.28. The second-order valence-corrected chi connectivity index (χ2v) is 5.70. The summed E-state index contributed by atoms with van der Waals surface area (Å²) in [6.07, 6.45) is 0.129. The van der Waals surface area contributed by atoms with E-state index in [1.807, 2.05) is 0 Å². The van der Waals surface area contributed by atoms with Crippen molar-refractivity contribution >= 4 is 21.9 Å². The molecule has 0 spiro atoms. The van der Waals surface area contributed by atoms with Crippen molar-refractivity contribution in [1.82, 2.24) is 0 Å². The van der Waals surface area contributed by atoms with Gasteiger partial charge in [0.25, 0.3) is 0 Å². The largest absolute Gasteiger partial charge is 0.481 e. The molecule has 0 heterocycles. The average molecular weight is 319 g/mol. The van der Waals surface area contributed by atoms with Crippen molar-refractivity contribution in [3.8, 4) is 0 Å². The van der Waals surface area contributed by atoms with Crippen LogP contribution in [0.5, 0.6) is 0 Å². The maximum Gasteiger partial charge on any atom is 0.309 e. The number of hydrogen-bond donors (Lipinski definition) is 1. The Kier molecular flexibility index (Phi) is 4.87. The Morgan fingerprint density at radius 1 is 1.50 bits per heavy atom. The first-order valence-electron chi connectivity index (χ1n) is 5.47. The van der Waals surface area contributed by atoms with Crippen molar-refractivity contribution in [2.45, 2.75) is 26.9 Å². The monoisotopic (exact) mass is 318 g/mol. The molecule has 0 unspecified atom stereocenters. The van der Waals surface area contributed by atoms with Crippen molar-refractivity contribution in [1.29, 1.82) is 0 Å². The highest BCUT2D eigenvalue weighted by molar-refractivity contribution is 9.10. The number of ether oxygens (including phenoxy) is 1. The molecule has 1 rings (SSSR count). The van der Waals surface area contributed by atoms with Gasteiger partial charge in [-0.05, 0) is 53.4 Å². The van der Waals surface area contributed by atoms with Gasteiger partial charge in [0.1, 0.15) is 5.82 Å². The van der Waals surface area contributed by atoms with Crippen molar-refractivity contribution < 1.29 is 19.0 Å². The number of benzene rings is 1. The zero-order valence-corrected chi connectivity index (χ0v) is 12.2. The summed E-state index contributed by atoms with van der Waals surface area (Å²) in [5.74, 6) is -1.36. The quantitative estimate of drug-likeness (QED) is 0.905. The molecule has 0 aromatic heterocycles. The van der Waals surface area contributed by atoms with E-state index >= 15 is 0 Å². The molecule has 1 N–H and O–H groups in total. The van der Waals surface area contributed by atoms with Crippen LogP contribution in [0.15, 0.2) is 16.6 Å². The molecule has 0 amide bonds. The van der Waals surface area contributed by atoms with E-state index in [4.69, 9.17) is 9.84 Å². The number of rotatable bonds is 5. The molecular formula is C13H16BrFO3. The van der Waals surface area contributed by atoms with E-state index < -0.39 is 17.2 Å². The van der Waals surface area contributed by atoms with Gasteiger partial charge in [-0.25, -0.2) is 4.39 Å². The molecule has 18 heavy (non-hydrogen) atoms. The minimum atomic E-state index is -1.01. The summed E-state index contributed by atoms with van der Waals surface area (Å²) in [5.41, 5.74) is 0.178. The zero-order valence-electron chi connectivity index (χ0n) is 10.6. The van der Waals surface area contributed by atoms with Gasteiger partial charge >= 0.3 is 5.97 Å². The molecule has 0 atom stereocenters. The SMILES string of the molecule is COCc1cc(Br)c(F)c(CC(C)(C)C(=O)O)c1. The van der Waals surface area contributed by atoms with Gasteiger partial charge < -0.3 is 9.84 Å². The standard InChI is InChI=1S/C13H16BrFO3/c1-13(2,12(16)17)6-9-4-8(7-18-3)5-10(14)11(9)15/h4-5H,6-7H2,1-3H3,(H,16,17). The molecular weight excluding hydrogens is 303 g/mol. The van der Waals surface area contributed by atoms with Crippen LogP contribution in [0.25, 0.3) is 0 Å². The summed E-state index contributed by atoms with van der Waals surface area (Å²) in [5, 5.41) is 9.08. The van der Waals surface area contributed by atoms with Crippen LogP contribution in [0.3, 0.4) is 0 Å². The fourth-order valence-corrected chi connectivity index (χ4v) is 2.19. The lowest BCUT2D eigenvalue weighted by molar-refractivity contribution is -0.146. The first-order valence-corrected chi connectivity index (χ1v) is 6.26. The molecule has 0 aliphatic carbocycles. The molecule has 100 valence electrons. The minimum Gasteiger partial charge on any atom is -0.481 e. The maximum atomic E-state index is 13.9. The Labute approximate surface area is 114 Å². The first kappa shape index (κ1) is 15.1. The Hall–Kier alpha value is -0.940. The zero-order chi connectivity index (χ0) is 13.9. The molecule has 1 aromatic carbocycles. The van der Waals surface area contributed by atoms with E-state index in [0.717, 1.165) is 5.56 Å². The van der Waals surface area contributed by atoms with Gasteiger partial charge in [0.2, 0.25) is 0 Å². The topological polar surface area (TPSA) is 46.5 Å². The van der Waals surface area contributed by atoms with Crippen molar-refractivity contribution in [2.24, 2.45) is 5.41 Å². The molecule has 0 aliphatic heterocycles. The number of carboxylic acid groups (broad SMARTS) is 1. The van der Waals surface area contributed by atoms with Crippen molar-refractivity contribution in [2.75, 3.05) is 7.11 Å².